The van der Waals surface area contributed by atoms with E-state index in [2.05, 4.69) is 45.0 Å². The van der Waals surface area contributed by atoms with Gasteiger partial charge < -0.3 is 0 Å². The SMILES string of the molecule is CC1(C)NNC(=O)/C1=C\c1cccc2ccc(Br)cc12. The standard InChI is InChI=1S/C16H15BrN2O/c1-16(2)14(15(20)18-19-16)8-11-5-3-4-10-6-7-12(17)9-13(10)11/h3-9,19H,1-2H3,(H,18,20)/b14-8+. The molecule has 0 saturated carbocycles. The van der Waals surface area contributed by atoms with E-state index >= 15 is 0 Å². The molecular weight excluding hydrogens is 316 g/mol. The molecule has 0 bridgehead atoms. The van der Waals surface area contributed by atoms with Gasteiger partial charge in [0, 0.05) is 10.0 Å². The number of amides is 1. The molecule has 1 saturated heterocycles. The Labute approximate surface area is 126 Å². The maximum atomic E-state index is 11.9. The second-order valence-corrected chi connectivity index (χ2v) is 6.39. The van der Waals surface area contributed by atoms with Crippen molar-refractivity contribution in [3.05, 3.63) is 52.0 Å². The highest BCUT2D eigenvalue weighted by Crippen LogP contribution is 2.28. The largest absolute Gasteiger partial charge is 0.287 e. The van der Waals surface area contributed by atoms with Gasteiger partial charge in [-0.25, -0.2) is 5.43 Å². The third-order valence-corrected chi connectivity index (χ3v) is 4.08. The van der Waals surface area contributed by atoms with Crippen molar-refractivity contribution in [3.8, 4) is 0 Å². The summed E-state index contributed by atoms with van der Waals surface area (Å²) in [5, 5.41) is 2.29. The normalized spacial score (nSPS) is 19.6. The van der Waals surface area contributed by atoms with E-state index in [1.54, 1.807) is 0 Å². The van der Waals surface area contributed by atoms with Crippen LogP contribution < -0.4 is 10.9 Å². The van der Waals surface area contributed by atoms with Crippen LogP contribution in [0.15, 0.2) is 46.4 Å². The van der Waals surface area contributed by atoms with Crippen molar-refractivity contribution in [2.24, 2.45) is 0 Å². The Morgan fingerprint density at radius 2 is 2.00 bits per heavy atom. The summed E-state index contributed by atoms with van der Waals surface area (Å²) in [4.78, 5) is 11.9. The summed E-state index contributed by atoms with van der Waals surface area (Å²) in [6.07, 6.45) is 1.96. The predicted molar refractivity (Wildman–Crippen MR) is 85.0 cm³/mol. The topological polar surface area (TPSA) is 41.1 Å². The van der Waals surface area contributed by atoms with Crippen LogP contribution in [-0.4, -0.2) is 11.4 Å². The Morgan fingerprint density at radius 3 is 2.70 bits per heavy atom. The molecule has 0 unspecified atom stereocenters. The van der Waals surface area contributed by atoms with Crippen molar-refractivity contribution in [2.45, 2.75) is 19.4 Å². The minimum atomic E-state index is -0.370. The second kappa shape index (κ2) is 4.72. The Kier molecular flexibility index (Phi) is 3.15. The number of benzene rings is 2. The smallest absolute Gasteiger partial charge is 0.263 e. The molecule has 20 heavy (non-hydrogen) atoms. The van der Waals surface area contributed by atoms with Crippen LogP contribution in [0.5, 0.6) is 0 Å². The van der Waals surface area contributed by atoms with Crippen LogP contribution in [0.4, 0.5) is 0 Å². The van der Waals surface area contributed by atoms with Crippen molar-refractivity contribution < 1.29 is 4.79 Å². The van der Waals surface area contributed by atoms with Crippen LogP contribution in [-0.2, 0) is 4.79 Å². The fourth-order valence-corrected chi connectivity index (χ4v) is 2.79. The maximum Gasteiger partial charge on any atom is 0.263 e. The van der Waals surface area contributed by atoms with E-state index in [0.717, 1.165) is 26.4 Å². The lowest BCUT2D eigenvalue weighted by atomic mass is 9.92. The molecule has 1 aliphatic rings. The molecule has 0 radical (unpaired) electrons. The number of hydrogen-bond acceptors (Lipinski definition) is 2. The van der Waals surface area contributed by atoms with Gasteiger partial charge in [0.15, 0.2) is 0 Å². The molecule has 4 heteroatoms. The summed E-state index contributed by atoms with van der Waals surface area (Å²) < 4.78 is 1.03. The zero-order valence-corrected chi connectivity index (χ0v) is 12.9. The first-order chi connectivity index (χ1) is 9.47. The molecule has 2 aromatic carbocycles. The van der Waals surface area contributed by atoms with Gasteiger partial charge in [-0.3, -0.25) is 10.2 Å². The van der Waals surface area contributed by atoms with Crippen LogP contribution in [0.3, 0.4) is 0 Å². The molecule has 1 aliphatic heterocycles. The first-order valence-corrected chi connectivity index (χ1v) is 7.25. The lowest BCUT2D eigenvalue weighted by Crippen LogP contribution is -2.38. The summed E-state index contributed by atoms with van der Waals surface area (Å²) >= 11 is 3.50. The molecule has 0 aliphatic carbocycles. The summed E-state index contributed by atoms with van der Waals surface area (Å²) in [7, 11) is 0. The van der Waals surface area contributed by atoms with Crippen LogP contribution >= 0.6 is 15.9 Å². The van der Waals surface area contributed by atoms with Crippen LogP contribution in [0.1, 0.15) is 19.4 Å². The fourth-order valence-electron chi connectivity index (χ4n) is 2.43. The molecule has 1 fully saturated rings. The zero-order valence-electron chi connectivity index (χ0n) is 11.3. The van der Waals surface area contributed by atoms with Crippen molar-refractivity contribution in [3.63, 3.8) is 0 Å². The Balaban J connectivity index is 2.20. The number of rotatable bonds is 1. The number of hydrogen-bond donors (Lipinski definition) is 2. The van der Waals surface area contributed by atoms with E-state index in [-0.39, 0.29) is 11.4 Å². The molecule has 1 amide bonds. The summed E-state index contributed by atoms with van der Waals surface area (Å²) in [5.41, 5.74) is 7.09. The third-order valence-electron chi connectivity index (χ3n) is 3.58. The van der Waals surface area contributed by atoms with Gasteiger partial charge in [-0.2, -0.15) is 0 Å². The monoisotopic (exact) mass is 330 g/mol. The van der Waals surface area contributed by atoms with E-state index in [4.69, 9.17) is 0 Å². The van der Waals surface area contributed by atoms with Crippen LogP contribution in [0.2, 0.25) is 0 Å². The Morgan fingerprint density at radius 1 is 1.20 bits per heavy atom. The number of fused-ring (bicyclic) bond motifs is 1. The van der Waals surface area contributed by atoms with Crippen LogP contribution in [0.25, 0.3) is 16.8 Å². The molecule has 102 valence electrons. The van der Waals surface area contributed by atoms with E-state index in [9.17, 15) is 4.79 Å². The molecule has 3 nitrogen and oxygen atoms in total. The molecule has 0 aromatic heterocycles. The Bertz CT molecular complexity index is 734. The Hall–Kier alpha value is -1.65. The average molecular weight is 331 g/mol. The van der Waals surface area contributed by atoms with E-state index in [1.165, 1.54) is 0 Å². The van der Waals surface area contributed by atoms with Gasteiger partial charge in [0.1, 0.15) is 0 Å². The summed E-state index contributed by atoms with van der Waals surface area (Å²) in [6.45, 7) is 3.97. The van der Waals surface area contributed by atoms with E-state index in [0.29, 0.717) is 0 Å². The van der Waals surface area contributed by atoms with Crippen LogP contribution in [0, 0.1) is 0 Å². The van der Waals surface area contributed by atoms with Crippen molar-refractivity contribution in [1.82, 2.24) is 10.9 Å². The number of hydrazine groups is 1. The summed E-state index contributed by atoms with van der Waals surface area (Å²) in [6, 6.07) is 12.3. The predicted octanol–water partition coefficient (Wildman–Crippen LogP) is 3.40. The number of nitrogens with one attached hydrogen (secondary N) is 2. The van der Waals surface area contributed by atoms with Crippen molar-refractivity contribution >= 4 is 38.7 Å². The molecular formula is C16H15BrN2O. The molecule has 2 aromatic rings. The van der Waals surface area contributed by atoms with Gasteiger partial charge in [-0.1, -0.05) is 40.2 Å². The van der Waals surface area contributed by atoms with E-state index in [1.807, 2.05) is 38.1 Å². The maximum absolute atomic E-state index is 11.9. The van der Waals surface area contributed by atoms with Gasteiger partial charge in [0.25, 0.3) is 5.91 Å². The number of carbonyl (C=O) groups excluding carboxylic acids is 1. The van der Waals surface area contributed by atoms with Gasteiger partial charge in [-0.05, 0) is 48.4 Å². The minimum absolute atomic E-state index is 0.0676. The highest BCUT2D eigenvalue weighted by Gasteiger charge is 2.34. The van der Waals surface area contributed by atoms with Gasteiger partial charge in [-0.15, -0.1) is 0 Å². The fraction of sp³-hybridized carbons (Fsp3) is 0.188. The second-order valence-electron chi connectivity index (χ2n) is 5.47. The zero-order chi connectivity index (χ0) is 14.3. The van der Waals surface area contributed by atoms with Crippen molar-refractivity contribution in [1.29, 1.82) is 0 Å². The molecule has 0 spiro atoms. The third kappa shape index (κ3) is 2.25. The molecule has 3 rings (SSSR count). The average Bonchev–Trinajstić information content (AvgIpc) is 2.66. The first kappa shape index (κ1) is 13.3. The van der Waals surface area contributed by atoms with Gasteiger partial charge >= 0.3 is 0 Å². The van der Waals surface area contributed by atoms with Gasteiger partial charge in [0.2, 0.25) is 0 Å². The molecule has 0 atom stereocenters. The number of halogens is 1. The van der Waals surface area contributed by atoms with Gasteiger partial charge in [0.05, 0.1) is 5.54 Å². The lowest BCUT2D eigenvalue weighted by Gasteiger charge is -2.17. The highest BCUT2D eigenvalue weighted by atomic mass is 79.9. The lowest BCUT2D eigenvalue weighted by molar-refractivity contribution is -0.116. The molecule has 2 N–H and O–H groups in total. The number of carbonyl (C=O) groups is 1. The minimum Gasteiger partial charge on any atom is -0.287 e. The first-order valence-electron chi connectivity index (χ1n) is 6.45. The van der Waals surface area contributed by atoms with E-state index < -0.39 is 0 Å². The molecule has 1 heterocycles. The highest BCUT2D eigenvalue weighted by molar-refractivity contribution is 9.10. The quantitative estimate of drug-likeness (QED) is 0.787. The summed E-state index contributed by atoms with van der Waals surface area (Å²) in [5.74, 6) is -0.0676. The van der Waals surface area contributed by atoms with Crippen molar-refractivity contribution in [2.75, 3.05) is 0 Å².